The predicted molar refractivity (Wildman–Crippen MR) is 319 cm³/mol. The molecule has 1 aliphatic heterocycles. The molecule has 462 valence electrons. The van der Waals surface area contributed by atoms with Crippen molar-refractivity contribution in [2.75, 3.05) is 52.8 Å². The Morgan fingerprint density at radius 2 is 0.784 bits per heavy atom. The predicted octanol–water partition coefficient (Wildman–Crippen LogP) is 15.1. The Kier molecular flexibility index (Phi) is 83.6. The molecule has 0 radical (unpaired) electrons. The van der Waals surface area contributed by atoms with E-state index in [0.29, 0.717) is 13.0 Å². The summed E-state index contributed by atoms with van der Waals surface area (Å²) < 4.78 is 35.2. The van der Waals surface area contributed by atoms with Gasteiger partial charge in [0, 0.05) is 6.54 Å². The number of epoxide rings is 1. The van der Waals surface area contributed by atoms with E-state index < -0.39 is 27.8 Å². The van der Waals surface area contributed by atoms with Crippen molar-refractivity contribution in [1.82, 2.24) is 6.15 Å². The molecule has 0 aromatic heterocycles. The molecule has 6 N–H and O–H groups in total. The zero-order valence-electron chi connectivity index (χ0n) is 42.6. The number of esters is 6. The SMILES string of the molecule is C.C.C.C.C.C.C.C.C.C.C.CCC(C)(C)C(=O)OCC(O)CN.CCC(C)(C)C(=O)OCC1CO1.CCCC(C)(C)C(=O)OCCOC(=O)C(C)(C)CC.CCCC(C)C(=O)OCCOC(=O)C(C)(C)CC.N. The average molecular weight is 1090 g/mol. The molecule has 3 atom stereocenters. The molecular formula is C58H136N2O14. The van der Waals surface area contributed by atoms with E-state index in [1.54, 1.807) is 0 Å². The van der Waals surface area contributed by atoms with Crippen LogP contribution in [0.4, 0.5) is 0 Å². The van der Waals surface area contributed by atoms with E-state index in [2.05, 4.69) is 0 Å². The standard InChI is InChI=1S/C15H28O4.C14H26O4.C9H19NO3.C9H16O3.11CH4.H3N/c1-7-9-15(5,6)13(17)19-11-10-18-12(16)14(3,4)8-2;1-6-8-11(3)12(15)17-9-10-18-13(16)14(4,5)7-2;1-4-9(2,3)8(12)13-6-7(11)5-10;1-4-9(2,3)8(10)12-6-7-5-11-7;;;;;;;;;;;;/h7-11H2,1-6H3;11H,6-10H2,1-5H3;7,11H,4-6,10H2,1-3H3;7H,4-6H2,1-3H3;11*1H4;1H3. The summed E-state index contributed by atoms with van der Waals surface area (Å²) in [5, 5.41) is 9.04. The Morgan fingerprint density at radius 3 is 1.05 bits per heavy atom. The largest absolute Gasteiger partial charge is 0.462 e. The molecule has 74 heavy (non-hydrogen) atoms. The van der Waals surface area contributed by atoms with Crippen LogP contribution in [0.15, 0.2) is 0 Å². The monoisotopic (exact) mass is 1080 g/mol. The lowest BCUT2D eigenvalue weighted by Crippen LogP contribution is -2.32. The highest BCUT2D eigenvalue weighted by Gasteiger charge is 2.32. The fourth-order valence-corrected chi connectivity index (χ4v) is 4.09. The van der Waals surface area contributed by atoms with Crippen molar-refractivity contribution in [3.05, 3.63) is 0 Å². The van der Waals surface area contributed by atoms with E-state index >= 15 is 0 Å². The number of ether oxygens (including phenoxy) is 7. The molecule has 1 heterocycles. The van der Waals surface area contributed by atoms with Gasteiger partial charge in [-0.2, -0.15) is 0 Å². The Balaban J connectivity index is -0.0000000463. The van der Waals surface area contributed by atoms with E-state index in [9.17, 15) is 28.8 Å². The van der Waals surface area contributed by atoms with Gasteiger partial charge in [0.25, 0.3) is 0 Å². The number of carbonyl (C=O) groups is 6. The van der Waals surface area contributed by atoms with Crippen LogP contribution >= 0.6 is 0 Å². The van der Waals surface area contributed by atoms with Gasteiger partial charge in [-0.3, -0.25) is 28.8 Å². The summed E-state index contributed by atoms with van der Waals surface area (Å²) >= 11 is 0. The minimum atomic E-state index is -0.753. The van der Waals surface area contributed by atoms with Crippen molar-refractivity contribution in [3.63, 3.8) is 0 Å². The summed E-state index contributed by atoms with van der Waals surface area (Å²) in [6, 6.07) is 0. The first kappa shape index (κ1) is 111. The lowest BCUT2D eigenvalue weighted by atomic mass is 9.88. The van der Waals surface area contributed by atoms with Crippen LogP contribution in [0.1, 0.15) is 251 Å². The van der Waals surface area contributed by atoms with Crippen LogP contribution in [0.5, 0.6) is 0 Å². The van der Waals surface area contributed by atoms with E-state index in [1.165, 1.54) is 0 Å². The number of aliphatic hydroxyl groups excluding tert-OH is 1. The van der Waals surface area contributed by atoms with Crippen molar-refractivity contribution >= 4 is 35.8 Å². The van der Waals surface area contributed by atoms with E-state index in [-0.39, 0.29) is 181 Å². The molecule has 0 bridgehead atoms. The fraction of sp³-hybridized carbons (Fsp3) is 0.897. The minimum absolute atomic E-state index is 0. The molecule has 0 aromatic rings. The molecule has 1 fully saturated rings. The first-order valence-corrected chi connectivity index (χ1v) is 22.5. The molecule has 0 aliphatic carbocycles. The van der Waals surface area contributed by atoms with Crippen molar-refractivity contribution in [2.45, 2.75) is 263 Å². The molecule has 0 amide bonds. The second kappa shape index (κ2) is 55.9. The van der Waals surface area contributed by atoms with E-state index in [1.807, 2.05) is 118 Å². The lowest BCUT2D eigenvalue weighted by molar-refractivity contribution is -0.163. The van der Waals surface area contributed by atoms with Gasteiger partial charge in [0.2, 0.25) is 0 Å². The molecule has 1 saturated heterocycles. The van der Waals surface area contributed by atoms with Gasteiger partial charge in [-0.1, -0.05) is 143 Å². The highest BCUT2D eigenvalue weighted by molar-refractivity contribution is 5.77. The maximum atomic E-state index is 11.8. The maximum Gasteiger partial charge on any atom is 0.311 e. The second-order valence-electron chi connectivity index (χ2n) is 18.9. The number of hydrogen-bond acceptors (Lipinski definition) is 16. The minimum Gasteiger partial charge on any atom is -0.462 e. The molecule has 0 aromatic carbocycles. The highest BCUT2D eigenvalue weighted by atomic mass is 16.6. The smallest absolute Gasteiger partial charge is 0.311 e. The van der Waals surface area contributed by atoms with Crippen LogP contribution in [0.2, 0.25) is 0 Å². The van der Waals surface area contributed by atoms with Crippen LogP contribution in [0.3, 0.4) is 0 Å². The summed E-state index contributed by atoms with van der Waals surface area (Å²) in [4.78, 5) is 69.2. The summed E-state index contributed by atoms with van der Waals surface area (Å²) in [6.45, 7) is 33.9. The molecule has 1 rings (SSSR count). The maximum absolute atomic E-state index is 11.8. The van der Waals surface area contributed by atoms with Crippen LogP contribution in [0, 0.1) is 33.0 Å². The number of nitrogens with two attached hydrogens (primary N) is 1. The summed E-state index contributed by atoms with van der Waals surface area (Å²) in [5.74, 6) is -1.45. The number of rotatable bonds is 25. The van der Waals surface area contributed by atoms with Gasteiger partial charge in [-0.25, -0.2) is 0 Å². The number of carbonyl (C=O) groups excluding carboxylic acids is 6. The summed E-state index contributed by atoms with van der Waals surface area (Å²) in [6.07, 6.45) is 5.86. The van der Waals surface area contributed by atoms with Crippen molar-refractivity contribution < 1.29 is 67.0 Å². The van der Waals surface area contributed by atoms with Gasteiger partial charge in [0.15, 0.2) is 0 Å². The van der Waals surface area contributed by atoms with Gasteiger partial charge in [-0.05, 0) is 108 Å². The van der Waals surface area contributed by atoms with E-state index in [0.717, 1.165) is 51.6 Å². The Hall–Kier alpha value is -3.34. The number of hydrogen-bond donors (Lipinski definition) is 3. The third kappa shape index (κ3) is 50.8. The zero-order chi connectivity index (χ0) is 49.0. The Morgan fingerprint density at radius 1 is 0.500 bits per heavy atom. The van der Waals surface area contributed by atoms with Crippen LogP contribution in [0.25, 0.3) is 0 Å². The van der Waals surface area contributed by atoms with Gasteiger partial charge >= 0.3 is 35.8 Å². The van der Waals surface area contributed by atoms with Crippen molar-refractivity contribution in [3.8, 4) is 0 Å². The molecule has 0 saturated carbocycles. The van der Waals surface area contributed by atoms with Gasteiger partial charge in [0.1, 0.15) is 51.8 Å². The molecule has 16 heteroatoms. The molecule has 3 unspecified atom stereocenters. The topological polar surface area (TPSA) is 252 Å². The zero-order valence-corrected chi connectivity index (χ0v) is 42.6. The van der Waals surface area contributed by atoms with Gasteiger partial charge in [-0.15, -0.1) is 0 Å². The quantitative estimate of drug-likeness (QED) is 0.0332. The second-order valence-corrected chi connectivity index (χ2v) is 18.9. The molecule has 16 nitrogen and oxygen atoms in total. The summed E-state index contributed by atoms with van der Waals surface area (Å²) in [7, 11) is 0. The normalized spacial score (nSPS) is 12.3. The Labute approximate surface area is 462 Å². The first-order valence-electron chi connectivity index (χ1n) is 22.5. The molecular weight excluding hydrogens is 949 g/mol. The average Bonchev–Trinajstić information content (AvgIpc) is 4.06. The first-order chi connectivity index (χ1) is 28.5. The van der Waals surface area contributed by atoms with E-state index in [4.69, 9.17) is 44.0 Å². The third-order valence-corrected chi connectivity index (χ3v) is 10.9. The summed E-state index contributed by atoms with van der Waals surface area (Å²) in [5.41, 5.74) is 2.90. The van der Waals surface area contributed by atoms with Crippen molar-refractivity contribution in [2.24, 2.45) is 38.7 Å². The number of aliphatic hydroxyl groups is 1. The lowest BCUT2D eigenvalue weighted by Gasteiger charge is -2.22. The Bertz CT molecular complexity index is 1310. The van der Waals surface area contributed by atoms with Gasteiger partial charge < -0.3 is 50.1 Å². The molecule has 0 spiro atoms. The van der Waals surface area contributed by atoms with Crippen LogP contribution in [-0.4, -0.2) is 106 Å². The fourth-order valence-electron chi connectivity index (χ4n) is 4.09. The van der Waals surface area contributed by atoms with Gasteiger partial charge in [0.05, 0.1) is 39.6 Å². The highest BCUT2D eigenvalue weighted by Crippen LogP contribution is 2.26. The molecule has 1 aliphatic rings. The van der Waals surface area contributed by atoms with Crippen LogP contribution in [-0.2, 0) is 61.9 Å². The van der Waals surface area contributed by atoms with Crippen molar-refractivity contribution in [1.29, 1.82) is 0 Å². The van der Waals surface area contributed by atoms with Crippen LogP contribution < -0.4 is 11.9 Å². The third-order valence-electron chi connectivity index (χ3n) is 10.9.